The Morgan fingerprint density at radius 3 is 2.89 bits per heavy atom. The molecule has 1 aromatic rings. The van der Waals surface area contributed by atoms with Gasteiger partial charge in [-0.2, -0.15) is 0 Å². The van der Waals surface area contributed by atoms with Crippen molar-refractivity contribution in [2.24, 2.45) is 5.92 Å². The summed E-state index contributed by atoms with van der Waals surface area (Å²) in [6.45, 7) is 4.06. The van der Waals surface area contributed by atoms with Crippen LogP contribution >= 0.6 is 0 Å². The third-order valence-electron chi connectivity index (χ3n) is 3.65. The summed E-state index contributed by atoms with van der Waals surface area (Å²) in [5.41, 5.74) is 2.28. The number of ether oxygens (including phenoxy) is 1. The summed E-state index contributed by atoms with van der Waals surface area (Å²) in [4.78, 5) is 10.8. The van der Waals surface area contributed by atoms with Gasteiger partial charge < -0.3 is 9.84 Å². The van der Waals surface area contributed by atoms with E-state index in [4.69, 9.17) is 9.84 Å². The van der Waals surface area contributed by atoms with Crippen molar-refractivity contribution in [3.8, 4) is 5.75 Å². The SMILES string of the molecule is Cc1ccc(C)c(OC2CCCC2CC(=O)O)c1. The number of carbonyl (C=O) groups is 1. The van der Waals surface area contributed by atoms with Gasteiger partial charge in [-0.05, 0) is 50.3 Å². The van der Waals surface area contributed by atoms with E-state index in [1.807, 2.05) is 26.0 Å². The van der Waals surface area contributed by atoms with E-state index in [-0.39, 0.29) is 18.4 Å². The monoisotopic (exact) mass is 248 g/mol. The van der Waals surface area contributed by atoms with E-state index < -0.39 is 5.97 Å². The smallest absolute Gasteiger partial charge is 0.303 e. The number of rotatable bonds is 4. The molecule has 3 nitrogen and oxygen atoms in total. The number of carboxylic acids is 1. The quantitative estimate of drug-likeness (QED) is 0.889. The van der Waals surface area contributed by atoms with E-state index in [1.165, 1.54) is 5.56 Å². The summed E-state index contributed by atoms with van der Waals surface area (Å²) in [7, 11) is 0. The molecule has 0 saturated heterocycles. The summed E-state index contributed by atoms with van der Waals surface area (Å²) in [5.74, 6) is 0.330. The second-order valence-electron chi connectivity index (χ2n) is 5.21. The number of hydrogen-bond acceptors (Lipinski definition) is 2. The number of carboxylic acid groups (broad SMARTS) is 1. The molecule has 3 heteroatoms. The average Bonchev–Trinajstić information content (AvgIpc) is 2.70. The van der Waals surface area contributed by atoms with Gasteiger partial charge in [0.1, 0.15) is 11.9 Å². The second kappa shape index (κ2) is 5.42. The highest BCUT2D eigenvalue weighted by atomic mass is 16.5. The molecule has 1 saturated carbocycles. The van der Waals surface area contributed by atoms with Crippen LogP contribution in [-0.2, 0) is 4.79 Å². The molecule has 0 bridgehead atoms. The van der Waals surface area contributed by atoms with E-state index in [2.05, 4.69) is 6.07 Å². The first-order valence-corrected chi connectivity index (χ1v) is 6.52. The second-order valence-corrected chi connectivity index (χ2v) is 5.21. The van der Waals surface area contributed by atoms with E-state index in [0.29, 0.717) is 0 Å². The molecule has 0 aliphatic heterocycles. The summed E-state index contributed by atoms with van der Waals surface area (Å²) in [5, 5.41) is 8.90. The minimum Gasteiger partial charge on any atom is -0.490 e. The molecule has 0 heterocycles. The Bertz CT molecular complexity index is 439. The van der Waals surface area contributed by atoms with Crippen LogP contribution in [0.4, 0.5) is 0 Å². The average molecular weight is 248 g/mol. The van der Waals surface area contributed by atoms with Gasteiger partial charge in [-0.25, -0.2) is 0 Å². The van der Waals surface area contributed by atoms with Crippen LogP contribution in [0.25, 0.3) is 0 Å². The van der Waals surface area contributed by atoms with Crippen LogP contribution in [0.15, 0.2) is 18.2 Å². The maximum absolute atomic E-state index is 10.8. The molecule has 2 atom stereocenters. The molecule has 0 radical (unpaired) electrons. The van der Waals surface area contributed by atoms with E-state index >= 15 is 0 Å². The van der Waals surface area contributed by atoms with Crippen LogP contribution in [0, 0.1) is 19.8 Å². The zero-order valence-electron chi connectivity index (χ0n) is 11.0. The molecule has 2 unspecified atom stereocenters. The van der Waals surface area contributed by atoms with Crippen molar-refractivity contribution >= 4 is 5.97 Å². The highest BCUT2D eigenvalue weighted by Gasteiger charge is 2.31. The molecular formula is C15H20O3. The molecule has 1 N–H and O–H groups in total. The zero-order valence-corrected chi connectivity index (χ0v) is 11.0. The first kappa shape index (κ1) is 12.9. The standard InChI is InChI=1S/C15H20O3/c1-10-6-7-11(2)14(8-10)18-13-5-3-4-12(13)9-15(16)17/h6-8,12-13H,3-5,9H2,1-2H3,(H,16,17). The summed E-state index contributed by atoms with van der Waals surface area (Å²) in [6, 6.07) is 6.14. The maximum Gasteiger partial charge on any atom is 0.303 e. The third kappa shape index (κ3) is 3.03. The van der Waals surface area contributed by atoms with Crippen molar-refractivity contribution in [2.75, 3.05) is 0 Å². The van der Waals surface area contributed by atoms with Crippen molar-refractivity contribution in [3.05, 3.63) is 29.3 Å². The minimum atomic E-state index is -0.725. The first-order chi connectivity index (χ1) is 8.56. The fourth-order valence-electron chi connectivity index (χ4n) is 2.61. The van der Waals surface area contributed by atoms with Gasteiger partial charge in [0.25, 0.3) is 0 Å². The minimum absolute atomic E-state index is 0.0570. The third-order valence-corrected chi connectivity index (χ3v) is 3.65. The van der Waals surface area contributed by atoms with Crippen molar-refractivity contribution < 1.29 is 14.6 Å². The molecule has 1 aliphatic rings. The predicted octanol–water partition coefficient (Wildman–Crippen LogP) is 3.33. The zero-order chi connectivity index (χ0) is 13.1. The van der Waals surface area contributed by atoms with Gasteiger partial charge in [-0.15, -0.1) is 0 Å². The van der Waals surface area contributed by atoms with Gasteiger partial charge >= 0.3 is 5.97 Å². The fourth-order valence-corrected chi connectivity index (χ4v) is 2.61. The number of aryl methyl sites for hydroxylation is 2. The highest BCUT2D eigenvalue weighted by Crippen LogP contribution is 2.33. The molecule has 18 heavy (non-hydrogen) atoms. The van der Waals surface area contributed by atoms with Crippen LogP contribution in [0.5, 0.6) is 5.75 Å². The molecule has 1 aromatic carbocycles. The largest absolute Gasteiger partial charge is 0.490 e. The van der Waals surface area contributed by atoms with Crippen LogP contribution in [0.3, 0.4) is 0 Å². The molecule has 1 aliphatic carbocycles. The Morgan fingerprint density at radius 1 is 1.39 bits per heavy atom. The van der Waals surface area contributed by atoms with E-state index in [0.717, 1.165) is 30.6 Å². The number of aliphatic carboxylic acids is 1. The van der Waals surface area contributed by atoms with Gasteiger partial charge in [0.05, 0.1) is 6.42 Å². The normalized spacial score (nSPS) is 23.0. The Kier molecular flexibility index (Phi) is 3.90. The predicted molar refractivity (Wildman–Crippen MR) is 69.9 cm³/mol. The summed E-state index contributed by atoms with van der Waals surface area (Å²) in [6.07, 6.45) is 3.26. The number of hydrogen-bond donors (Lipinski definition) is 1. The van der Waals surface area contributed by atoms with Crippen molar-refractivity contribution in [2.45, 2.75) is 45.6 Å². The van der Waals surface area contributed by atoms with Gasteiger partial charge in [0, 0.05) is 5.92 Å². The number of benzene rings is 1. The molecule has 98 valence electrons. The lowest BCUT2D eigenvalue weighted by atomic mass is 10.0. The van der Waals surface area contributed by atoms with Crippen molar-refractivity contribution in [3.63, 3.8) is 0 Å². The Labute approximate surface area is 108 Å². The Balaban J connectivity index is 2.08. The van der Waals surface area contributed by atoms with Crippen molar-refractivity contribution in [1.29, 1.82) is 0 Å². The van der Waals surface area contributed by atoms with Crippen molar-refractivity contribution in [1.82, 2.24) is 0 Å². The van der Waals surface area contributed by atoms with E-state index in [9.17, 15) is 4.79 Å². The van der Waals surface area contributed by atoms with Gasteiger partial charge in [0.15, 0.2) is 0 Å². The summed E-state index contributed by atoms with van der Waals surface area (Å²) < 4.78 is 6.04. The molecular weight excluding hydrogens is 228 g/mol. The lowest BCUT2D eigenvalue weighted by Crippen LogP contribution is -2.24. The Hall–Kier alpha value is -1.51. The molecule has 0 spiro atoms. The Morgan fingerprint density at radius 2 is 2.17 bits per heavy atom. The lowest BCUT2D eigenvalue weighted by molar-refractivity contribution is -0.138. The first-order valence-electron chi connectivity index (χ1n) is 6.52. The van der Waals surface area contributed by atoms with Gasteiger partial charge in [-0.1, -0.05) is 12.1 Å². The van der Waals surface area contributed by atoms with Crippen LogP contribution in [-0.4, -0.2) is 17.2 Å². The van der Waals surface area contributed by atoms with Crippen LogP contribution in [0.2, 0.25) is 0 Å². The fraction of sp³-hybridized carbons (Fsp3) is 0.533. The molecule has 2 rings (SSSR count). The van der Waals surface area contributed by atoms with Gasteiger partial charge in [0.2, 0.25) is 0 Å². The van der Waals surface area contributed by atoms with E-state index in [1.54, 1.807) is 0 Å². The highest BCUT2D eigenvalue weighted by molar-refractivity contribution is 5.67. The molecule has 1 fully saturated rings. The van der Waals surface area contributed by atoms with Crippen LogP contribution < -0.4 is 4.74 Å². The summed E-state index contributed by atoms with van der Waals surface area (Å²) >= 11 is 0. The molecule has 0 amide bonds. The topological polar surface area (TPSA) is 46.5 Å². The molecule has 0 aromatic heterocycles. The van der Waals surface area contributed by atoms with Crippen LogP contribution in [0.1, 0.15) is 36.8 Å². The maximum atomic E-state index is 10.8. The lowest BCUT2D eigenvalue weighted by Gasteiger charge is -2.21. The van der Waals surface area contributed by atoms with Gasteiger partial charge in [-0.3, -0.25) is 4.79 Å².